The molecule has 0 aliphatic heterocycles. The van der Waals surface area contributed by atoms with E-state index in [4.69, 9.17) is 44.3 Å². The molecule has 0 spiro atoms. The first kappa shape index (κ1) is 21.4. The summed E-state index contributed by atoms with van der Waals surface area (Å²) in [5, 5.41) is 10.2. The first-order valence-corrected chi connectivity index (χ1v) is 8.62. The topological polar surface area (TPSA) is 83.4 Å². The van der Waals surface area contributed by atoms with E-state index in [2.05, 4.69) is 10.9 Å². The highest BCUT2D eigenvalue weighted by Gasteiger charge is 2.16. The van der Waals surface area contributed by atoms with E-state index in [9.17, 15) is 10.1 Å². The molecule has 9 heteroatoms. The molecule has 0 saturated heterocycles. The Morgan fingerprint density at radius 1 is 1.16 bits per heavy atom. The number of hydrazine groups is 1. The number of carbonyl (C=O) groups excluding carboxylic acids is 1. The quantitative estimate of drug-likeness (QED) is 0.159. The molecular weight excluding hydrogens is 389 g/mol. The molecule has 0 saturated carbocycles. The van der Waals surface area contributed by atoms with Crippen molar-refractivity contribution >= 4 is 46.5 Å². The molecule has 0 aliphatic rings. The molecule has 1 aromatic rings. The lowest BCUT2D eigenvalue weighted by atomic mass is 10.2. The second-order valence-corrected chi connectivity index (χ2v) is 5.87. The van der Waals surface area contributed by atoms with E-state index in [0.29, 0.717) is 39.5 Å². The number of halogens is 3. The van der Waals surface area contributed by atoms with Crippen molar-refractivity contribution in [1.82, 2.24) is 5.43 Å². The Bertz CT molecular complexity index is 687. The van der Waals surface area contributed by atoms with Crippen molar-refractivity contribution in [2.24, 2.45) is 0 Å². The summed E-state index contributed by atoms with van der Waals surface area (Å²) in [6, 6.07) is 4.86. The van der Waals surface area contributed by atoms with E-state index in [-0.39, 0.29) is 18.8 Å². The summed E-state index contributed by atoms with van der Waals surface area (Å²) in [4.78, 5) is 12.0. The monoisotopic (exact) mass is 405 g/mol. The van der Waals surface area contributed by atoms with Crippen LogP contribution < -0.4 is 10.9 Å². The van der Waals surface area contributed by atoms with Crippen LogP contribution in [0.5, 0.6) is 0 Å². The smallest absolute Gasteiger partial charge is 0.350 e. The summed E-state index contributed by atoms with van der Waals surface area (Å²) in [7, 11) is 0. The van der Waals surface area contributed by atoms with Crippen LogP contribution in [0.25, 0.3) is 0 Å². The molecule has 0 unspecified atom stereocenters. The van der Waals surface area contributed by atoms with Crippen LogP contribution in [0.1, 0.15) is 20.3 Å². The van der Waals surface area contributed by atoms with Crippen molar-refractivity contribution in [2.45, 2.75) is 20.3 Å². The maximum absolute atomic E-state index is 12.0. The van der Waals surface area contributed by atoms with Gasteiger partial charge in [-0.1, -0.05) is 41.7 Å². The molecule has 0 aliphatic carbocycles. The molecule has 0 atom stereocenters. The fourth-order valence-electron chi connectivity index (χ4n) is 1.73. The highest BCUT2D eigenvalue weighted by atomic mass is 35.5. The van der Waals surface area contributed by atoms with Gasteiger partial charge in [-0.3, -0.25) is 5.43 Å². The van der Waals surface area contributed by atoms with Gasteiger partial charge in [-0.25, -0.2) is 4.79 Å². The number of nitrogens with one attached hydrogen (secondary N) is 2. The number of carbonyl (C=O) groups is 1. The predicted octanol–water partition coefficient (Wildman–Crippen LogP) is 4.33. The maximum atomic E-state index is 12.0. The lowest BCUT2D eigenvalue weighted by Gasteiger charge is -2.15. The average Bonchev–Trinajstić information content (AvgIpc) is 2.59. The van der Waals surface area contributed by atoms with Crippen LogP contribution in [-0.4, -0.2) is 25.8 Å². The van der Waals surface area contributed by atoms with Crippen molar-refractivity contribution in [3.63, 3.8) is 0 Å². The second kappa shape index (κ2) is 11.1. The standard InChI is InChI=1S/C16H18Cl3N3O3/c1-3-14(10(9-20)16(23)25-6-5-24-4-2)21-22-15-8-12(18)11(17)7-13(15)19/h7-8,21-22H,3-6H2,1-2H3/b14-10-. The van der Waals surface area contributed by atoms with Gasteiger partial charge in [0.15, 0.2) is 5.57 Å². The van der Waals surface area contributed by atoms with Crippen molar-refractivity contribution < 1.29 is 14.3 Å². The summed E-state index contributed by atoms with van der Waals surface area (Å²) in [5.41, 5.74) is 6.27. The number of nitriles is 1. The Labute approximate surface area is 161 Å². The molecule has 2 N–H and O–H groups in total. The van der Waals surface area contributed by atoms with Crippen LogP contribution >= 0.6 is 34.8 Å². The van der Waals surface area contributed by atoms with Gasteiger partial charge in [-0.15, -0.1) is 0 Å². The Kier molecular flexibility index (Phi) is 9.46. The zero-order valence-electron chi connectivity index (χ0n) is 13.8. The van der Waals surface area contributed by atoms with Gasteiger partial charge < -0.3 is 14.9 Å². The summed E-state index contributed by atoms with van der Waals surface area (Å²) in [5.74, 6) is -0.728. The number of allylic oxidation sites excluding steroid dienone is 1. The third-order valence-electron chi connectivity index (χ3n) is 2.99. The van der Waals surface area contributed by atoms with Crippen molar-refractivity contribution in [1.29, 1.82) is 5.26 Å². The minimum absolute atomic E-state index is 0.0703. The molecule has 1 aromatic carbocycles. The number of rotatable bonds is 9. The summed E-state index contributed by atoms with van der Waals surface area (Å²) < 4.78 is 10.1. The first-order valence-electron chi connectivity index (χ1n) is 7.49. The number of anilines is 1. The van der Waals surface area contributed by atoms with Crippen LogP contribution in [0.15, 0.2) is 23.4 Å². The molecule has 1 rings (SSSR count). The Morgan fingerprint density at radius 3 is 2.44 bits per heavy atom. The lowest BCUT2D eigenvalue weighted by molar-refractivity contribution is -0.140. The largest absolute Gasteiger partial charge is 0.459 e. The Morgan fingerprint density at radius 2 is 1.84 bits per heavy atom. The van der Waals surface area contributed by atoms with E-state index >= 15 is 0 Å². The number of benzene rings is 1. The molecule has 6 nitrogen and oxygen atoms in total. The van der Waals surface area contributed by atoms with Crippen molar-refractivity contribution in [3.05, 3.63) is 38.5 Å². The predicted molar refractivity (Wildman–Crippen MR) is 98.6 cm³/mol. The van der Waals surface area contributed by atoms with Crippen LogP contribution in [0, 0.1) is 11.3 Å². The second-order valence-electron chi connectivity index (χ2n) is 4.65. The fraction of sp³-hybridized carbons (Fsp3) is 0.375. The molecule has 25 heavy (non-hydrogen) atoms. The van der Waals surface area contributed by atoms with Crippen LogP contribution in [0.2, 0.25) is 15.1 Å². The number of esters is 1. The Balaban J connectivity index is 2.84. The molecule has 0 radical (unpaired) electrons. The van der Waals surface area contributed by atoms with Crippen LogP contribution in [-0.2, 0) is 14.3 Å². The molecule has 0 fully saturated rings. The highest BCUT2D eigenvalue weighted by Crippen LogP contribution is 2.31. The van der Waals surface area contributed by atoms with E-state index in [1.165, 1.54) is 12.1 Å². The van der Waals surface area contributed by atoms with Gasteiger partial charge in [0.1, 0.15) is 12.7 Å². The minimum Gasteiger partial charge on any atom is -0.459 e. The van der Waals surface area contributed by atoms with E-state index in [0.717, 1.165) is 0 Å². The normalized spacial score (nSPS) is 11.4. The molecule has 0 bridgehead atoms. The molecular formula is C16H18Cl3N3O3. The average molecular weight is 407 g/mol. The lowest BCUT2D eigenvalue weighted by Crippen LogP contribution is -2.25. The molecule has 0 amide bonds. The molecule has 0 aromatic heterocycles. The number of hydrogen-bond acceptors (Lipinski definition) is 6. The number of nitrogens with zero attached hydrogens (tertiary/aromatic N) is 1. The van der Waals surface area contributed by atoms with Crippen LogP contribution in [0.4, 0.5) is 5.69 Å². The SMILES string of the molecule is CCOCCOC(=O)/C(C#N)=C(/CC)NNc1cc(Cl)c(Cl)cc1Cl. The van der Waals surface area contributed by atoms with Gasteiger partial charge in [0.2, 0.25) is 0 Å². The first-order chi connectivity index (χ1) is 11.9. The van der Waals surface area contributed by atoms with Crippen molar-refractivity contribution in [2.75, 3.05) is 25.2 Å². The highest BCUT2D eigenvalue weighted by molar-refractivity contribution is 6.44. The molecule has 0 heterocycles. The van der Waals surface area contributed by atoms with E-state index in [1.807, 2.05) is 13.0 Å². The minimum atomic E-state index is -0.728. The number of ether oxygens (including phenoxy) is 2. The van der Waals surface area contributed by atoms with Crippen molar-refractivity contribution in [3.8, 4) is 6.07 Å². The molecule has 136 valence electrons. The van der Waals surface area contributed by atoms with Gasteiger partial charge in [0.25, 0.3) is 0 Å². The third-order valence-corrected chi connectivity index (χ3v) is 4.03. The van der Waals surface area contributed by atoms with Gasteiger partial charge in [-0.05, 0) is 25.5 Å². The summed E-state index contributed by atoms with van der Waals surface area (Å²) >= 11 is 17.9. The summed E-state index contributed by atoms with van der Waals surface area (Å²) in [6.45, 7) is 4.48. The van der Waals surface area contributed by atoms with Crippen LogP contribution in [0.3, 0.4) is 0 Å². The Hall–Kier alpha value is -1.65. The third kappa shape index (κ3) is 6.63. The van der Waals surface area contributed by atoms with Gasteiger partial charge in [0.05, 0.1) is 33.1 Å². The fourth-order valence-corrected chi connectivity index (χ4v) is 2.33. The number of hydrogen-bond donors (Lipinski definition) is 2. The maximum Gasteiger partial charge on any atom is 0.350 e. The summed E-state index contributed by atoms with van der Waals surface area (Å²) in [6.07, 6.45) is 0.384. The van der Waals surface area contributed by atoms with Gasteiger partial charge in [0, 0.05) is 6.61 Å². The van der Waals surface area contributed by atoms with E-state index < -0.39 is 5.97 Å². The van der Waals surface area contributed by atoms with Gasteiger partial charge >= 0.3 is 5.97 Å². The zero-order chi connectivity index (χ0) is 18.8. The zero-order valence-corrected chi connectivity index (χ0v) is 16.1. The van der Waals surface area contributed by atoms with Gasteiger partial charge in [-0.2, -0.15) is 5.26 Å². The van der Waals surface area contributed by atoms with E-state index in [1.54, 1.807) is 6.92 Å².